The summed E-state index contributed by atoms with van der Waals surface area (Å²) in [6.45, 7) is 2.71. The molecule has 1 saturated heterocycles. The van der Waals surface area contributed by atoms with Crippen molar-refractivity contribution in [2.75, 3.05) is 19.7 Å². The van der Waals surface area contributed by atoms with Gasteiger partial charge in [0.25, 0.3) is 5.91 Å². The van der Waals surface area contributed by atoms with Crippen LogP contribution in [0, 0.1) is 11.6 Å². The summed E-state index contributed by atoms with van der Waals surface area (Å²) in [6.07, 6.45) is 0.870. The lowest BCUT2D eigenvalue weighted by atomic mass is 10.0. The van der Waals surface area contributed by atoms with Crippen LogP contribution in [0.25, 0.3) is 0 Å². The summed E-state index contributed by atoms with van der Waals surface area (Å²) in [5.41, 5.74) is -0.168. The summed E-state index contributed by atoms with van der Waals surface area (Å²) in [4.78, 5) is 25.2. The van der Waals surface area contributed by atoms with Crippen LogP contribution in [0.1, 0.15) is 30.1 Å². The van der Waals surface area contributed by atoms with Crippen molar-refractivity contribution in [1.82, 2.24) is 10.2 Å². The number of halogens is 2. The van der Waals surface area contributed by atoms with Gasteiger partial charge in [0.1, 0.15) is 11.6 Å². The van der Waals surface area contributed by atoms with E-state index in [1.165, 1.54) is 4.90 Å². The average Bonchev–Trinajstić information content (AvgIpc) is 2.47. The number of carbonyl (C=O) groups is 2. The van der Waals surface area contributed by atoms with Crippen molar-refractivity contribution in [2.24, 2.45) is 0 Å². The first-order valence-electron chi connectivity index (χ1n) is 7.19. The van der Waals surface area contributed by atoms with Gasteiger partial charge in [-0.3, -0.25) is 4.79 Å². The Morgan fingerprint density at radius 2 is 2.18 bits per heavy atom. The number of rotatable bonds is 3. The van der Waals surface area contributed by atoms with Crippen molar-refractivity contribution in [3.05, 3.63) is 35.4 Å². The highest BCUT2D eigenvalue weighted by Gasteiger charge is 2.27. The number of nitrogens with zero attached hydrogens (tertiary/aromatic N) is 1. The molecule has 22 heavy (non-hydrogen) atoms. The van der Waals surface area contributed by atoms with Gasteiger partial charge >= 0.3 is 6.09 Å². The first kappa shape index (κ1) is 16.2. The molecule has 1 aliphatic rings. The Morgan fingerprint density at radius 3 is 2.86 bits per heavy atom. The van der Waals surface area contributed by atoms with Gasteiger partial charge in [-0.2, -0.15) is 0 Å². The van der Waals surface area contributed by atoms with E-state index in [-0.39, 0.29) is 24.8 Å². The highest BCUT2D eigenvalue weighted by Crippen LogP contribution is 2.17. The molecule has 1 fully saturated rings. The topological polar surface area (TPSA) is 58.6 Å². The maximum absolute atomic E-state index is 13.7. The Morgan fingerprint density at radius 1 is 1.41 bits per heavy atom. The molecule has 0 spiro atoms. The van der Waals surface area contributed by atoms with Crippen LogP contribution >= 0.6 is 0 Å². The van der Waals surface area contributed by atoms with E-state index >= 15 is 0 Å². The lowest BCUT2D eigenvalue weighted by Crippen LogP contribution is -2.49. The van der Waals surface area contributed by atoms with Gasteiger partial charge in [0, 0.05) is 25.2 Å². The highest BCUT2D eigenvalue weighted by atomic mass is 19.1. The van der Waals surface area contributed by atoms with E-state index in [0.29, 0.717) is 25.5 Å². The molecular weight excluding hydrogens is 294 g/mol. The Hall–Kier alpha value is -2.18. The van der Waals surface area contributed by atoms with E-state index in [1.54, 1.807) is 6.92 Å². The van der Waals surface area contributed by atoms with Gasteiger partial charge in [0.2, 0.25) is 0 Å². The van der Waals surface area contributed by atoms with Gasteiger partial charge in [0.05, 0.1) is 12.2 Å². The van der Waals surface area contributed by atoms with Crippen molar-refractivity contribution in [3.63, 3.8) is 0 Å². The Bertz CT molecular complexity index is 566. The van der Waals surface area contributed by atoms with E-state index in [2.05, 4.69) is 5.32 Å². The van der Waals surface area contributed by atoms with Crippen LogP contribution in [-0.4, -0.2) is 42.6 Å². The smallest absolute Gasteiger partial charge is 0.407 e. The molecule has 1 atom stereocenters. The molecule has 0 radical (unpaired) electrons. The third-order valence-corrected chi connectivity index (χ3v) is 3.47. The predicted molar refractivity (Wildman–Crippen MR) is 75.4 cm³/mol. The fraction of sp³-hybridized carbons (Fsp3) is 0.467. The Kier molecular flexibility index (Phi) is 5.30. The molecule has 1 N–H and O–H groups in total. The number of carbonyl (C=O) groups excluding carboxylic acids is 2. The van der Waals surface area contributed by atoms with Gasteiger partial charge in [-0.15, -0.1) is 0 Å². The number of hydrogen-bond donors (Lipinski definition) is 1. The molecule has 2 rings (SSSR count). The second-order valence-electron chi connectivity index (χ2n) is 5.08. The van der Waals surface area contributed by atoms with Gasteiger partial charge in [-0.1, -0.05) is 0 Å². The highest BCUT2D eigenvalue weighted by molar-refractivity contribution is 5.94. The van der Waals surface area contributed by atoms with Crippen molar-refractivity contribution in [1.29, 1.82) is 0 Å². The summed E-state index contributed by atoms with van der Waals surface area (Å²) in [5, 5.41) is 2.67. The van der Waals surface area contributed by atoms with Crippen molar-refractivity contribution < 1.29 is 23.1 Å². The molecule has 0 aliphatic carbocycles. The van der Waals surface area contributed by atoms with Gasteiger partial charge in [-0.05, 0) is 31.9 Å². The molecule has 120 valence electrons. The van der Waals surface area contributed by atoms with Crippen molar-refractivity contribution in [3.8, 4) is 0 Å². The second-order valence-corrected chi connectivity index (χ2v) is 5.08. The summed E-state index contributed by atoms with van der Waals surface area (Å²) in [7, 11) is 0. The monoisotopic (exact) mass is 312 g/mol. The zero-order valence-corrected chi connectivity index (χ0v) is 12.3. The fourth-order valence-corrected chi connectivity index (χ4v) is 2.45. The third-order valence-electron chi connectivity index (χ3n) is 3.47. The van der Waals surface area contributed by atoms with Crippen LogP contribution in [0.15, 0.2) is 18.2 Å². The zero-order chi connectivity index (χ0) is 16.1. The van der Waals surface area contributed by atoms with Gasteiger partial charge < -0.3 is 15.0 Å². The van der Waals surface area contributed by atoms with E-state index < -0.39 is 23.6 Å². The fourth-order valence-electron chi connectivity index (χ4n) is 2.45. The lowest BCUT2D eigenvalue weighted by molar-refractivity contribution is 0.0681. The summed E-state index contributed by atoms with van der Waals surface area (Å²) in [6, 6.07) is 2.63. The number of amides is 2. The molecule has 1 aromatic carbocycles. The molecule has 0 saturated carbocycles. The largest absolute Gasteiger partial charge is 0.450 e. The predicted octanol–water partition coefficient (Wildman–Crippen LogP) is 2.32. The normalized spacial score (nSPS) is 18.0. The molecule has 0 bridgehead atoms. The SMILES string of the molecule is CCOC(=O)NC1CCCN(C(=O)c2ccc(F)cc2F)C1. The van der Waals surface area contributed by atoms with Crippen LogP contribution in [0.3, 0.4) is 0 Å². The van der Waals surface area contributed by atoms with Crippen LogP contribution in [0.5, 0.6) is 0 Å². The second kappa shape index (κ2) is 7.20. The average molecular weight is 312 g/mol. The minimum Gasteiger partial charge on any atom is -0.450 e. The molecule has 1 aliphatic heterocycles. The number of nitrogens with one attached hydrogen (secondary N) is 1. The van der Waals surface area contributed by atoms with Gasteiger partial charge in [0.15, 0.2) is 0 Å². The molecular formula is C15H18F2N2O3. The van der Waals surface area contributed by atoms with E-state index in [4.69, 9.17) is 4.74 Å². The van der Waals surface area contributed by atoms with Crippen LogP contribution in [0.2, 0.25) is 0 Å². The van der Waals surface area contributed by atoms with Crippen LogP contribution in [-0.2, 0) is 4.74 Å². The van der Waals surface area contributed by atoms with E-state index in [9.17, 15) is 18.4 Å². The van der Waals surface area contributed by atoms with Crippen molar-refractivity contribution >= 4 is 12.0 Å². The van der Waals surface area contributed by atoms with Gasteiger partial charge in [-0.25, -0.2) is 13.6 Å². The first-order valence-corrected chi connectivity index (χ1v) is 7.19. The molecule has 1 aromatic rings. The summed E-state index contributed by atoms with van der Waals surface area (Å²) >= 11 is 0. The number of hydrogen-bond acceptors (Lipinski definition) is 3. The number of likely N-dealkylation sites (tertiary alicyclic amines) is 1. The lowest BCUT2D eigenvalue weighted by Gasteiger charge is -2.33. The Balaban J connectivity index is 2.02. The zero-order valence-electron chi connectivity index (χ0n) is 12.3. The minimum absolute atomic E-state index is 0.168. The maximum atomic E-state index is 13.7. The number of piperidine rings is 1. The molecule has 0 aromatic heterocycles. The van der Waals surface area contributed by atoms with E-state index in [1.807, 2.05) is 0 Å². The minimum atomic E-state index is -0.884. The van der Waals surface area contributed by atoms with Crippen LogP contribution in [0.4, 0.5) is 13.6 Å². The van der Waals surface area contributed by atoms with Crippen LogP contribution < -0.4 is 5.32 Å². The molecule has 1 unspecified atom stereocenters. The van der Waals surface area contributed by atoms with E-state index in [0.717, 1.165) is 12.1 Å². The number of ether oxygens (including phenoxy) is 1. The summed E-state index contributed by atoms with van der Waals surface area (Å²) in [5.74, 6) is -2.12. The van der Waals surface area contributed by atoms with Crippen molar-refractivity contribution in [2.45, 2.75) is 25.8 Å². The molecule has 2 amide bonds. The number of benzene rings is 1. The third kappa shape index (κ3) is 3.93. The quantitative estimate of drug-likeness (QED) is 0.932. The molecule has 7 heteroatoms. The Labute approximate surface area is 127 Å². The standard InChI is InChI=1S/C15H18F2N2O3/c1-2-22-15(21)18-11-4-3-7-19(9-11)14(20)12-6-5-10(16)8-13(12)17/h5-6,8,11H,2-4,7,9H2,1H3,(H,18,21). The summed E-state index contributed by atoms with van der Waals surface area (Å²) < 4.78 is 31.4. The first-order chi connectivity index (χ1) is 10.5. The molecule has 1 heterocycles. The number of alkyl carbamates (subject to hydrolysis) is 1. The molecule has 5 nitrogen and oxygen atoms in total. The maximum Gasteiger partial charge on any atom is 0.407 e.